The van der Waals surface area contributed by atoms with E-state index in [9.17, 15) is 4.39 Å². The minimum Gasteiger partial charge on any atom is -0.384 e. The molecule has 0 aliphatic carbocycles. The van der Waals surface area contributed by atoms with Crippen molar-refractivity contribution in [3.63, 3.8) is 0 Å². The second-order valence-corrected chi connectivity index (χ2v) is 2.58. The number of aromatic nitrogens is 3. The molecule has 0 unspecified atom stereocenters. The standard InChI is InChI=1S/C8H7FN4/c9-7-3-5(1-2-11-7)6-4-8(10)13-12-6/h1-4H,(H3,10,12,13). The highest BCUT2D eigenvalue weighted by molar-refractivity contribution is 5.61. The van der Waals surface area contributed by atoms with Crippen LogP contribution < -0.4 is 5.73 Å². The first-order valence-electron chi connectivity index (χ1n) is 3.68. The molecule has 4 nitrogen and oxygen atoms in total. The van der Waals surface area contributed by atoms with Crippen LogP contribution in [0.15, 0.2) is 24.4 Å². The van der Waals surface area contributed by atoms with Crippen molar-refractivity contribution in [2.45, 2.75) is 0 Å². The number of nitrogen functional groups attached to an aromatic ring is 1. The Hall–Kier alpha value is -1.91. The molecule has 2 rings (SSSR count). The summed E-state index contributed by atoms with van der Waals surface area (Å²) in [6.45, 7) is 0. The number of halogens is 1. The van der Waals surface area contributed by atoms with E-state index < -0.39 is 5.95 Å². The molecule has 0 aliphatic heterocycles. The zero-order valence-electron chi connectivity index (χ0n) is 6.66. The van der Waals surface area contributed by atoms with Gasteiger partial charge in [-0.1, -0.05) is 0 Å². The van der Waals surface area contributed by atoms with Crippen LogP contribution in [0.1, 0.15) is 0 Å². The zero-order valence-corrected chi connectivity index (χ0v) is 6.66. The lowest BCUT2D eigenvalue weighted by Crippen LogP contribution is -1.83. The largest absolute Gasteiger partial charge is 0.384 e. The fraction of sp³-hybridized carbons (Fsp3) is 0. The fourth-order valence-electron chi connectivity index (χ4n) is 1.05. The average Bonchev–Trinajstić information content (AvgIpc) is 2.52. The van der Waals surface area contributed by atoms with Crippen molar-refractivity contribution in [1.82, 2.24) is 15.2 Å². The molecule has 0 amide bonds. The van der Waals surface area contributed by atoms with Crippen LogP contribution in [0, 0.1) is 5.95 Å². The number of aromatic amines is 1. The van der Waals surface area contributed by atoms with Crippen molar-refractivity contribution in [2.75, 3.05) is 5.73 Å². The van der Waals surface area contributed by atoms with E-state index in [1.54, 1.807) is 12.1 Å². The van der Waals surface area contributed by atoms with Gasteiger partial charge in [0.25, 0.3) is 0 Å². The van der Waals surface area contributed by atoms with E-state index in [0.717, 1.165) is 0 Å². The molecule has 0 bridgehead atoms. The number of rotatable bonds is 1. The molecule has 0 saturated heterocycles. The number of nitrogens with zero attached hydrogens (tertiary/aromatic N) is 2. The Labute approximate surface area is 73.6 Å². The summed E-state index contributed by atoms with van der Waals surface area (Å²) in [5, 5.41) is 6.45. The summed E-state index contributed by atoms with van der Waals surface area (Å²) in [7, 11) is 0. The van der Waals surface area contributed by atoms with Crippen LogP contribution in [0.3, 0.4) is 0 Å². The number of hydrogen-bond acceptors (Lipinski definition) is 3. The molecule has 13 heavy (non-hydrogen) atoms. The van der Waals surface area contributed by atoms with Gasteiger partial charge in [0.2, 0.25) is 5.95 Å². The summed E-state index contributed by atoms with van der Waals surface area (Å²) in [5.41, 5.74) is 6.69. The first-order valence-corrected chi connectivity index (χ1v) is 3.68. The van der Waals surface area contributed by atoms with Gasteiger partial charge in [-0.3, -0.25) is 5.10 Å². The molecule has 0 saturated carbocycles. The number of hydrogen-bond donors (Lipinski definition) is 2. The predicted octanol–water partition coefficient (Wildman–Crippen LogP) is 1.19. The monoisotopic (exact) mass is 178 g/mol. The molecule has 0 aliphatic rings. The molecule has 2 aromatic heterocycles. The van der Waals surface area contributed by atoms with Crippen molar-refractivity contribution in [2.24, 2.45) is 0 Å². The Balaban J connectivity index is 2.46. The average molecular weight is 178 g/mol. The summed E-state index contributed by atoms with van der Waals surface area (Å²) in [5.74, 6) is -0.0775. The molecule has 66 valence electrons. The van der Waals surface area contributed by atoms with Gasteiger partial charge in [-0.25, -0.2) is 4.98 Å². The highest BCUT2D eigenvalue weighted by Gasteiger charge is 2.02. The quantitative estimate of drug-likeness (QED) is 0.644. The van der Waals surface area contributed by atoms with Crippen LogP contribution in [-0.2, 0) is 0 Å². The van der Waals surface area contributed by atoms with E-state index in [0.29, 0.717) is 17.1 Å². The molecule has 5 heteroatoms. The third kappa shape index (κ3) is 1.48. The highest BCUT2D eigenvalue weighted by Crippen LogP contribution is 2.17. The van der Waals surface area contributed by atoms with E-state index in [2.05, 4.69) is 15.2 Å². The lowest BCUT2D eigenvalue weighted by Gasteiger charge is -1.93. The minimum atomic E-state index is -0.529. The van der Waals surface area contributed by atoms with Gasteiger partial charge in [-0.05, 0) is 6.07 Å². The Morgan fingerprint density at radius 3 is 2.85 bits per heavy atom. The molecule has 0 aromatic carbocycles. The van der Waals surface area contributed by atoms with Crippen molar-refractivity contribution < 1.29 is 4.39 Å². The summed E-state index contributed by atoms with van der Waals surface area (Å²) < 4.78 is 12.7. The maximum absolute atomic E-state index is 12.7. The Morgan fingerprint density at radius 2 is 2.23 bits per heavy atom. The number of nitrogens with one attached hydrogen (secondary N) is 1. The fourth-order valence-corrected chi connectivity index (χ4v) is 1.05. The van der Waals surface area contributed by atoms with E-state index in [4.69, 9.17) is 5.73 Å². The van der Waals surface area contributed by atoms with Gasteiger partial charge in [-0.2, -0.15) is 9.49 Å². The summed E-state index contributed by atoms with van der Waals surface area (Å²) in [4.78, 5) is 3.44. The van der Waals surface area contributed by atoms with Crippen molar-refractivity contribution >= 4 is 5.82 Å². The van der Waals surface area contributed by atoms with E-state index in [-0.39, 0.29) is 0 Å². The van der Waals surface area contributed by atoms with Crippen LogP contribution in [-0.4, -0.2) is 15.2 Å². The van der Waals surface area contributed by atoms with Gasteiger partial charge in [-0.15, -0.1) is 0 Å². The van der Waals surface area contributed by atoms with E-state index in [1.165, 1.54) is 12.3 Å². The van der Waals surface area contributed by atoms with Crippen LogP contribution in [0.25, 0.3) is 11.3 Å². The van der Waals surface area contributed by atoms with Crippen LogP contribution >= 0.6 is 0 Å². The van der Waals surface area contributed by atoms with Crippen LogP contribution in [0.2, 0.25) is 0 Å². The normalized spacial score (nSPS) is 10.2. The van der Waals surface area contributed by atoms with Gasteiger partial charge in [0.15, 0.2) is 0 Å². The van der Waals surface area contributed by atoms with Gasteiger partial charge < -0.3 is 5.73 Å². The van der Waals surface area contributed by atoms with E-state index in [1.807, 2.05) is 0 Å². The Morgan fingerprint density at radius 1 is 1.38 bits per heavy atom. The summed E-state index contributed by atoms with van der Waals surface area (Å²) >= 11 is 0. The Bertz CT molecular complexity index is 424. The highest BCUT2D eigenvalue weighted by atomic mass is 19.1. The van der Waals surface area contributed by atoms with Crippen molar-refractivity contribution in [3.05, 3.63) is 30.3 Å². The molecule has 0 atom stereocenters. The molecule has 0 radical (unpaired) electrons. The van der Waals surface area contributed by atoms with Crippen LogP contribution in [0.4, 0.5) is 10.2 Å². The number of anilines is 1. The summed E-state index contributed by atoms with van der Waals surface area (Å²) in [6.07, 6.45) is 1.38. The second kappa shape index (κ2) is 2.85. The third-order valence-corrected chi connectivity index (χ3v) is 1.62. The van der Waals surface area contributed by atoms with Gasteiger partial charge in [0.05, 0.1) is 5.69 Å². The first-order chi connectivity index (χ1) is 6.25. The first kappa shape index (κ1) is 7.72. The maximum Gasteiger partial charge on any atom is 0.213 e. The SMILES string of the molecule is Nc1cc(-c2ccnc(F)c2)n[nH]1. The smallest absolute Gasteiger partial charge is 0.213 e. The third-order valence-electron chi connectivity index (χ3n) is 1.62. The second-order valence-electron chi connectivity index (χ2n) is 2.58. The molecular weight excluding hydrogens is 171 g/mol. The Kier molecular flexibility index (Phi) is 1.70. The van der Waals surface area contributed by atoms with Gasteiger partial charge >= 0.3 is 0 Å². The topological polar surface area (TPSA) is 67.6 Å². The lowest BCUT2D eigenvalue weighted by molar-refractivity contribution is 0.584. The molecular formula is C8H7FN4. The summed E-state index contributed by atoms with van der Waals surface area (Å²) in [6, 6.07) is 4.60. The predicted molar refractivity (Wildman–Crippen MR) is 46.2 cm³/mol. The maximum atomic E-state index is 12.7. The molecule has 0 spiro atoms. The van der Waals surface area contributed by atoms with Crippen molar-refractivity contribution in [1.29, 1.82) is 0 Å². The number of H-pyrrole nitrogens is 1. The van der Waals surface area contributed by atoms with Crippen molar-refractivity contribution in [3.8, 4) is 11.3 Å². The molecule has 0 fully saturated rings. The van der Waals surface area contributed by atoms with Gasteiger partial charge in [0, 0.05) is 23.9 Å². The number of pyridine rings is 1. The van der Waals surface area contributed by atoms with Crippen LogP contribution in [0.5, 0.6) is 0 Å². The lowest BCUT2D eigenvalue weighted by atomic mass is 10.2. The molecule has 3 N–H and O–H groups in total. The number of nitrogens with two attached hydrogens (primary N) is 1. The minimum absolute atomic E-state index is 0.451. The van der Waals surface area contributed by atoms with Gasteiger partial charge in [0.1, 0.15) is 5.82 Å². The van der Waals surface area contributed by atoms with E-state index >= 15 is 0 Å². The zero-order chi connectivity index (χ0) is 9.26. The molecule has 2 heterocycles. The molecule has 2 aromatic rings.